The number of allylic oxidation sites excluding steroid dienone is 1. The molecule has 64 heavy (non-hydrogen) atoms. The molecule has 2 saturated heterocycles. The van der Waals surface area contributed by atoms with Crippen molar-refractivity contribution in [2.75, 3.05) is 55.6 Å². The van der Waals surface area contributed by atoms with Crippen LogP contribution in [0.5, 0.6) is 0 Å². The van der Waals surface area contributed by atoms with Gasteiger partial charge in [-0.3, -0.25) is 14.5 Å². The predicted octanol–water partition coefficient (Wildman–Crippen LogP) is 10.9. The summed E-state index contributed by atoms with van der Waals surface area (Å²) in [4.78, 5) is 26.2. The van der Waals surface area contributed by atoms with Gasteiger partial charge >= 0.3 is 5.97 Å². The minimum absolute atomic E-state index is 0.0804. The van der Waals surface area contributed by atoms with Gasteiger partial charge in [0.05, 0.1) is 11.3 Å². The number of rotatable bonds is 8. The molecule has 1 spiro atoms. The number of halogens is 1. The summed E-state index contributed by atoms with van der Waals surface area (Å²) in [7, 11) is 0. The van der Waals surface area contributed by atoms with Crippen molar-refractivity contribution in [2.24, 2.45) is 16.3 Å². The van der Waals surface area contributed by atoms with Crippen molar-refractivity contribution in [3.63, 3.8) is 0 Å². The maximum Gasteiger partial charge on any atom is 0.335 e. The molecule has 2 aromatic heterocycles. The third kappa shape index (κ3) is 7.18. The summed E-state index contributed by atoms with van der Waals surface area (Å²) < 4.78 is 2.21. The number of carbonyl (C=O) groups is 1. The van der Waals surface area contributed by atoms with E-state index in [1.54, 1.807) is 6.07 Å². The summed E-state index contributed by atoms with van der Waals surface area (Å²) in [6.45, 7) is 16.3. The molecule has 6 aromatic rings. The van der Waals surface area contributed by atoms with Crippen molar-refractivity contribution >= 4 is 57.1 Å². The molecule has 0 amide bonds. The molecule has 3 fully saturated rings. The van der Waals surface area contributed by atoms with Crippen LogP contribution in [0, 0.1) is 32.1 Å². The van der Waals surface area contributed by atoms with E-state index in [-0.39, 0.29) is 6.04 Å². The van der Waals surface area contributed by atoms with Gasteiger partial charge < -0.3 is 14.9 Å². The fourth-order valence-corrected chi connectivity index (χ4v) is 12.9. The van der Waals surface area contributed by atoms with Crippen LogP contribution in [0.1, 0.15) is 104 Å². The van der Waals surface area contributed by atoms with Gasteiger partial charge in [0.15, 0.2) is 5.82 Å². The zero-order chi connectivity index (χ0) is 43.9. The number of piperazine rings is 1. The van der Waals surface area contributed by atoms with E-state index >= 15 is 0 Å². The molecule has 1 saturated carbocycles. The van der Waals surface area contributed by atoms with Crippen LogP contribution in [0.3, 0.4) is 0 Å². The molecule has 1 atom stereocenters. The SMILES string of the molecule is Cc1sc2c(c1C)C(c1ccc(N3CC4(CC(CN5CCN(c6ccc(C7=C(c8ccccc8Cl)CCCc8cc(C(=O)O)ccc87)cc6)CC5)C4)C3)cc1)=N[C@@H](C)c1nnc(C)n1-2. The molecule has 1 N–H and O–H groups in total. The lowest BCUT2D eigenvalue weighted by molar-refractivity contribution is 0.00322. The van der Waals surface area contributed by atoms with Gasteiger partial charge in [0.1, 0.15) is 16.9 Å². The van der Waals surface area contributed by atoms with Crippen molar-refractivity contribution < 1.29 is 9.90 Å². The van der Waals surface area contributed by atoms with Crippen LogP contribution < -0.4 is 9.80 Å². The van der Waals surface area contributed by atoms with E-state index in [1.165, 1.54) is 57.3 Å². The molecule has 9 nitrogen and oxygen atoms in total. The van der Waals surface area contributed by atoms with Gasteiger partial charge in [0, 0.05) is 83.6 Å². The van der Waals surface area contributed by atoms with E-state index in [4.69, 9.17) is 16.6 Å². The maximum atomic E-state index is 11.9. The topological polar surface area (TPSA) is 90.1 Å². The van der Waals surface area contributed by atoms with E-state index in [0.29, 0.717) is 11.0 Å². The van der Waals surface area contributed by atoms with Crippen molar-refractivity contribution in [3.05, 3.63) is 157 Å². The summed E-state index contributed by atoms with van der Waals surface area (Å²) in [6.07, 6.45) is 5.28. The highest BCUT2D eigenvalue weighted by Crippen LogP contribution is 2.53. The number of thiophene rings is 1. The molecule has 4 aromatic carbocycles. The molecule has 0 unspecified atom stereocenters. The Kier molecular flexibility index (Phi) is 10.4. The summed E-state index contributed by atoms with van der Waals surface area (Å²) in [5.74, 6) is 1.70. The fourth-order valence-electron chi connectivity index (χ4n) is 11.4. The Balaban J connectivity index is 0.705. The second-order valence-electron chi connectivity index (χ2n) is 18.9. The van der Waals surface area contributed by atoms with Crippen LogP contribution in [-0.4, -0.2) is 82.3 Å². The zero-order valence-electron chi connectivity index (χ0n) is 37.1. The van der Waals surface area contributed by atoms with Crippen molar-refractivity contribution in [1.29, 1.82) is 0 Å². The molecular formula is C53H54ClN7O2S. The monoisotopic (exact) mass is 887 g/mol. The number of carboxylic acids is 1. The molecule has 11 rings (SSSR count). The second-order valence-corrected chi connectivity index (χ2v) is 20.5. The Hall–Kier alpha value is -5.55. The van der Waals surface area contributed by atoms with Gasteiger partial charge in [-0.1, -0.05) is 60.1 Å². The minimum Gasteiger partial charge on any atom is -0.478 e. The summed E-state index contributed by atoms with van der Waals surface area (Å²) in [5, 5.41) is 20.6. The first-order chi connectivity index (χ1) is 31.0. The van der Waals surface area contributed by atoms with Crippen molar-refractivity contribution in [2.45, 2.75) is 65.8 Å². The third-order valence-corrected chi connectivity index (χ3v) is 16.3. The summed E-state index contributed by atoms with van der Waals surface area (Å²) >= 11 is 8.63. The number of aliphatic imine (C=N–C) groups is 1. The summed E-state index contributed by atoms with van der Waals surface area (Å²) in [5.41, 5.74) is 14.8. The van der Waals surface area contributed by atoms with Crippen LogP contribution in [-0.2, 0) is 6.42 Å². The van der Waals surface area contributed by atoms with Gasteiger partial charge in [-0.2, -0.15) is 0 Å². The van der Waals surface area contributed by atoms with E-state index < -0.39 is 5.97 Å². The first-order valence-electron chi connectivity index (χ1n) is 22.9. The molecule has 5 heterocycles. The van der Waals surface area contributed by atoms with Crippen LogP contribution in [0.15, 0.2) is 96.0 Å². The number of hydrogen-bond donors (Lipinski definition) is 1. The predicted molar refractivity (Wildman–Crippen MR) is 260 cm³/mol. The number of aryl methyl sites for hydroxylation is 3. The summed E-state index contributed by atoms with van der Waals surface area (Å²) in [6, 6.07) is 31.8. The van der Waals surface area contributed by atoms with Crippen LogP contribution in [0.2, 0.25) is 5.02 Å². The lowest BCUT2D eigenvalue weighted by atomic mass is 9.57. The van der Waals surface area contributed by atoms with Gasteiger partial charge in [-0.25, -0.2) is 4.79 Å². The van der Waals surface area contributed by atoms with Crippen LogP contribution in [0.25, 0.3) is 16.1 Å². The normalized spacial score (nSPS) is 19.6. The standard InChI is InChI=1S/C53H54ClN7O2S/c1-32-34(3)64-51-47(32)49(55-33(2)50-57-56-35(4)61(50)51)38-14-19-42(20-15-38)60-30-53(31-60)27-36(28-53)29-58-22-24-59(25-23-58)41-17-12-37(13-18-41)48-43-21-16-40(52(62)63)26-39(43)8-7-10-45(48)44-9-5-6-11-46(44)54/h5-6,9,11-21,26,33,36H,7-8,10,22-25,27-31H2,1-4H3,(H,62,63)/t33-/m0/s1. The largest absolute Gasteiger partial charge is 0.478 e. The molecule has 3 aliphatic heterocycles. The average Bonchev–Trinajstić information content (AvgIpc) is 3.68. The number of hydrogen-bond acceptors (Lipinski definition) is 8. The lowest BCUT2D eigenvalue weighted by Gasteiger charge is -2.60. The van der Waals surface area contributed by atoms with Gasteiger partial charge in [-0.05, 0) is 147 Å². The number of carboxylic acid groups (broad SMARTS) is 1. The Morgan fingerprint density at radius 2 is 1.53 bits per heavy atom. The molecule has 11 heteroatoms. The first kappa shape index (κ1) is 41.2. The van der Waals surface area contributed by atoms with E-state index in [1.807, 2.05) is 48.6 Å². The third-order valence-electron chi connectivity index (χ3n) is 14.8. The Morgan fingerprint density at radius 3 is 2.25 bits per heavy atom. The molecule has 5 aliphatic rings. The molecule has 0 bridgehead atoms. The highest BCUT2D eigenvalue weighted by atomic mass is 35.5. The highest BCUT2D eigenvalue weighted by molar-refractivity contribution is 7.15. The van der Waals surface area contributed by atoms with Crippen molar-refractivity contribution in [3.8, 4) is 5.00 Å². The highest BCUT2D eigenvalue weighted by Gasteiger charge is 2.52. The van der Waals surface area contributed by atoms with Gasteiger partial charge in [0.25, 0.3) is 0 Å². The van der Waals surface area contributed by atoms with E-state index in [0.717, 1.165) is 120 Å². The molecule has 326 valence electrons. The fraction of sp³-hybridized carbons (Fsp3) is 0.358. The Morgan fingerprint density at radius 1 is 0.828 bits per heavy atom. The number of anilines is 2. The van der Waals surface area contributed by atoms with Crippen LogP contribution in [0.4, 0.5) is 11.4 Å². The number of fused-ring (bicyclic) bond motifs is 4. The Bertz CT molecular complexity index is 2850. The quantitative estimate of drug-likeness (QED) is 0.163. The number of benzene rings is 4. The zero-order valence-corrected chi connectivity index (χ0v) is 38.6. The minimum atomic E-state index is -0.892. The van der Waals surface area contributed by atoms with E-state index in [9.17, 15) is 9.90 Å². The number of aromatic carboxylic acids is 1. The number of aromatic nitrogens is 3. The molecular weight excluding hydrogens is 834 g/mol. The second kappa shape index (κ2) is 16.2. The smallest absolute Gasteiger partial charge is 0.335 e. The number of nitrogens with zero attached hydrogens (tertiary/aromatic N) is 7. The lowest BCUT2D eigenvalue weighted by Crippen LogP contribution is -2.64. The van der Waals surface area contributed by atoms with Crippen LogP contribution >= 0.6 is 22.9 Å². The first-order valence-corrected chi connectivity index (χ1v) is 24.1. The maximum absolute atomic E-state index is 11.9. The van der Waals surface area contributed by atoms with Gasteiger partial charge in [0.2, 0.25) is 0 Å². The molecule has 2 aliphatic carbocycles. The van der Waals surface area contributed by atoms with E-state index in [2.05, 4.69) is 105 Å². The Labute approximate surface area is 384 Å². The van der Waals surface area contributed by atoms with Crippen molar-refractivity contribution in [1.82, 2.24) is 19.7 Å². The van der Waals surface area contributed by atoms with Gasteiger partial charge in [-0.15, -0.1) is 21.5 Å². The molecule has 0 radical (unpaired) electrons. The average molecular weight is 889 g/mol.